The summed E-state index contributed by atoms with van der Waals surface area (Å²) < 4.78 is 13.9. The van der Waals surface area contributed by atoms with Crippen LogP contribution in [-0.4, -0.2) is 5.60 Å². The zero-order chi connectivity index (χ0) is 26.8. The van der Waals surface area contributed by atoms with Gasteiger partial charge >= 0.3 is 0 Å². The van der Waals surface area contributed by atoms with Crippen molar-refractivity contribution in [1.82, 2.24) is 0 Å². The van der Waals surface area contributed by atoms with E-state index >= 15 is 0 Å². The van der Waals surface area contributed by atoms with Gasteiger partial charge in [0, 0.05) is 5.56 Å². The highest BCUT2D eigenvalue weighted by atomic mass is 16.7. The van der Waals surface area contributed by atoms with Gasteiger partial charge in [-0.3, -0.25) is 0 Å². The summed E-state index contributed by atoms with van der Waals surface area (Å²) in [4.78, 5) is 0. The van der Waals surface area contributed by atoms with Gasteiger partial charge in [-0.25, -0.2) is 0 Å². The maximum absolute atomic E-state index is 7.14. The summed E-state index contributed by atoms with van der Waals surface area (Å²) >= 11 is 0. The number of hydrogen-bond acceptors (Lipinski definition) is 2. The Morgan fingerprint density at radius 2 is 1.33 bits per heavy atom. The molecule has 0 saturated heterocycles. The summed E-state index contributed by atoms with van der Waals surface area (Å²) in [7, 11) is 0. The molecule has 2 nitrogen and oxygen atoms in total. The molecule has 204 valence electrons. The van der Waals surface area contributed by atoms with Gasteiger partial charge in [0.1, 0.15) is 5.75 Å². The molecule has 0 radical (unpaired) electrons. The van der Waals surface area contributed by atoms with E-state index in [0.29, 0.717) is 23.2 Å². The lowest BCUT2D eigenvalue weighted by Crippen LogP contribution is -2.59. The molecule has 0 aliphatic heterocycles. The second-order valence-electron chi connectivity index (χ2n) is 14.0. The number of rotatable bonds is 10. The van der Waals surface area contributed by atoms with Crippen LogP contribution in [0.3, 0.4) is 0 Å². The fourth-order valence-corrected chi connectivity index (χ4v) is 9.21. The Morgan fingerprint density at radius 1 is 0.718 bits per heavy atom. The molecule has 3 aromatic rings. The van der Waals surface area contributed by atoms with Crippen LogP contribution in [0.25, 0.3) is 11.1 Å². The fraction of sp³-hybridized carbons (Fsp3) is 0.514. The van der Waals surface area contributed by atoms with Crippen LogP contribution in [0.15, 0.2) is 78.9 Å². The molecule has 4 fully saturated rings. The summed E-state index contributed by atoms with van der Waals surface area (Å²) in [6, 6.07) is 28.4. The minimum absolute atomic E-state index is 0.0106. The molecule has 4 aliphatic rings. The van der Waals surface area contributed by atoms with Gasteiger partial charge < -0.3 is 9.47 Å². The average Bonchev–Trinajstić information content (AvgIpc) is 3.40. The van der Waals surface area contributed by atoms with Gasteiger partial charge in [0.25, 0.3) is 0 Å². The first-order chi connectivity index (χ1) is 18.8. The maximum Gasteiger partial charge on any atom is 0.227 e. The molecule has 1 spiro atoms. The molecule has 0 amide bonds. The number of fused-ring (bicyclic) bond motifs is 1. The zero-order valence-corrected chi connectivity index (χ0v) is 24.1. The van der Waals surface area contributed by atoms with E-state index in [2.05, 4.69) is 107 Å². The SMILES string of the molecule is CC(C)CC(c1ccc(OC(OC23CC4CC5CC(C2)C54C3)c2ccc(-c3ccccc3)cc2)cc1)C(C)C. The molecule has 0 N–H and O–H groups in total. The number of ether oxygens (including phenoxy) is 2. The summed E-state index contributed by atoms with van der Waals surface area (Å²) in [5.41, 5.74) is 5.61. The van der Waals surface area contributed by atoms with Crippen LogP contribution >= 0.6 is 0 Å². The Balaban J connectivity index is 1.15. The van der Waals surface area contributed by atoms with Gasteiger partial charge in [-0.15, -0.1) is 0 Å². The van der Waals surface area contributed by atoms with Gasteiger partial charge in [0.2, 0.25) is 6.29 Å². The smallest absolute Gasteiger partial charge is 0.227 e. The first-order valence-electron chi connectivity index (χ1n) is 15.4. The third kappa shape index (κ3) is 4.26. The summed E-state index contributed by atoms with van der Waals surface area (Å²) in [5, 5.41) is 0. The van der Waals surface area contributed by atoms with Gasteiger partial charge in [-0.05, 0) is 108 Å². The maximum atomic E-state index is 7.14. The average molecular weight is 521 g/mol. The number of hydrogen-bond donors (Lipinski definition) is 0. The predicted molar refractivity (Wildman–Crippen MR) is 159 cm³/mol. The summed E-state index contributed by atoms with van der Waals surface area (Å²) in [5.74, 6) is 5.55. The van der Waals surface area contributed by atoms with Crippen molar-refractivity contribution in [1.29, 1.82) is 0 Å². The van der Waals surface area contributed by atoms with Crippen LogP contribution < -0.4 is 4.74 Å². The molecule has 0 heterocycles. The second-order valence-corrected chi connectivity index (χ2v) is 14.0. The molecule has 4 saturated carbocycles. The van der Waals surface area contributed by atoms with Crippen molar-refractivity contribution in [2.75, 3.05) is 0 Å². The molecule has 2 bridgehead atoms. The van der Waals surface area contributed by atoms with Crippen LogP contribution in [-0.2, 0) is 4.74 Å². The molecular weight excluding hydrogens is 476 g/mol. The highest BCUT2D eigenvalue weighted by Crippen LogP contribution is 2.83. The van der Waals surface area contributed by atoms with Crippen molar-refractivity contribution in [2.45, 2.75) is 84.0 Å². The van der Waals surface area contributed by atoms with E-state index in [-0.39, 0.29) is 11.9 Å². The van der Waals surface area contributed by atoms with Gasteiger partial charge in [-0.2, -0.15) is 0 Å². The first-order valence-corrected chi connectivity index (χ1v) is 15.4. The van der Waals surface area contributed by atoms with E-state index in [1.807, 2.05) is 0 Å². The van der Waals surface area contributed by atoms with E-state index in [9.17, 15) is 0 Å². The topological polar surface area (TPSA) is 18.5 Å². The second kappa shape index (κ2) is 9.51. The number of benzene rings is 3. The van der Waals surface area contributed by atoms with Crippen LogP contribution in [0.4, 0.5) is 0 Å². The molecule has 4 atom stereocenters. The Bertz CT molecular complexity index is 1270. The Hall–Kier alpha value is -2.58. The summed E-state index contributed by atoms with van der Waals surface area (Å²) in [6.45, 7) is 9.33. The van der Waals surface area contributed by atoms with E-state index in [4.69, 9.17) is 9.47 Å². The highest BCUT2D eigenvalue weighted by Gasteiger charge is 2.78. The fourth-order valence-electron chi connectivity index (χ4n) is 9.21. The quantitative estimate of drug-likeness (QED) is 0.248. The molecular formula is C37H44O2. The van der Waals surface area contributed by atoms with E-state index in [0.717, 1.165) is 29.1 Å². The predicted octanol–water partition coefficient (Wildman–Crippen LogP) is 9.81. The molecule has 7 rings (SSSR count). The monoisotopic (exact) mass is 520 g/mol. The van der Waals surface area contributed by atoms with Crippen molar-refractivity contribution >= 4 is 0 Å². The molecule has 4 aliphatic carbocycles. The summed E-state index contributed by atoms with van der Waals surface area (Å²) in [6.07, 6.45) is 7.42. The lowest BCUT2D eigenvalue weighted by atomic mass is 9.38. The Morgan fingerprint density at radius 3 is 1.90 bits per heavy atom. The van der Waals surface area contributed by atoms with Gasteiger partial charge in [0.15, 0.2) is 0 Å². The van der Waals surface area contributed by atoms with Gasteiger partial charge in [0.05, 0.1) is 5.60 Å². The molecule has 2 heteroatoms. The van der Waals surface area contributed by atoms with E-state index < -0.39 is 0 Å². The van der Waals surface area contributed by atoms with E-state index in [1.54, 1.807) is 0 Å². The minimum atomic E-state index is -0.387. The molecule has 39 heavy (non-hydrogen) atoms. The van der Waals surface area contributed by atoms with E-state index in [1.165, 1.54) is 55.2 Å². The Kier molecular flexibility index (Phi) is 6.19. The van der Waals surface area contributed by atoms with Crippen LogP contribution in [0.1, 0.15) is 89.6 Å². The van der Waals surface area contributed by atoms with Crippen molar-refractivity contribution in [2.24, 2.45) is 35.0 Å². The Labute approximate surface area is 235 Å². The molecule has 0 aromatic heterocycles. The largest absolute Gasteiger partial charge is 0.461 e. The normalized spacial score (nSPS) is 31.5. The van der Waals surface area contributed by atoms with Gasteiger partial charge in [-0.1, -0.05) is 94.4 Å². The van der Waals surface area contributed by atoms with Crippen LogP contribution in [0, 0.1) is 35.0 Å². The zero-order valence-electron chi connectivity index (χ0n) is 24.1. The minimum Gasteiger partial charge on any atom is -0.461 e. The van der Waals surface area contributed by atoms with Crippen molar-refractivity contribution in [3.05, 3.63) is 90.0 Å². The molecule has 4 unspecified atom stereocenters. The first kappa shape index (κ1) is 25.4. The lowest BCUT2D eigenvalue weighted by molar-refractivity contribution is -0.203. The van der Waals surface area contributed by atoms with Crippen molar-refractivity contribution in [3.63, 3.8) is 0 Å². The highest BCUT2D eigenvalue weighted by molar-refractivity contribution is 5.63. The van der Waals surface area contributed by atoms with Crippen LogP contribution in [0.2, 0.25) is 0 Å². The lowest BCUT2D eigenvalue weighted by Gasteiger charge is -2.66. The van der Waals surface area contributed by atoms with Crippen molar-refractivity contribution < 1.29 is 9.47 Å². The molecule has 3 aromatic carbocycles. The van der Waals surface area contributed by atoms with Crippen molar-refractivity contribution in [3.8, 4) is 16.9 Å². The third-order valence-corrected chi connectivity index (χ3v) is 11.0. The third-order valence-electron chi connectivity index (χ3n) is 11.0. The van der Waals surface area contributed by atoms with Crippen LogP contribution in [0.5, 0.6) is 5.75 Å². The standard InChI is InChI=1S/C37H44O2/c1-24(2)18-34(25(3)4)28-14-16-33(17-15-28)38-35(29-12-10-27(11-13-29)26-8-6-5-7-9-26)39-36-21-31-19-30-20-32(22-36)37(30,31)23-36/h5-17,24-25,30-32,34-35H,18-23H2,1-4H3.